The molecule has 0 bridgehead atoms. The third-order valence-electron chi connectivity index (χ3n) is 3.55. The Kier molecular flexibility index (Phi) is 3.17. The largest absolute Gasteiger partial charge is 0.312 e. The zero-order chi connectivity index (χ0) is 15.0. The number of para-hydroxylation sites is 2. The third kappa shape index (κ3) is 2.16. The average molecular weight is 284 g/mol. The predicted octanol–water partition coefficient (Wildman–Crippen LogP) is 2.45. The van der Waals surface area contributed by atoms with Crippen molar-refractivity contribution in [2.24, 2.45) is 0 Å². The van der Waals surface area contributed by atoms with E-state index in [0.29, 0.717) is 11.4 Å². The lowest BCUT2D eigenvalue weighted by atomic mass is 10.1. The number of fused-ring (bicyclic) bond motifs is 1. The molecule has 0 radical (unpaired) electrons. The molecule has 106 valence electrons. The Labute approximate surface area is 121 Å². The van der Waals surface area contributed by atoms with Crippen molar-refractivity contribution in [1.82, 2.24) is 0 Å². The number of rotatable bonds is 1. The number of carbonyl (C=O) groups excluding carboxylic acids is 2. The summed E-state index contributed by atoms with van der Waals surface area (Å²) in [4.78, 5) is 27.4. The zero-order valence-corrected chi connectivity index (χ0v) is 11.4. The fraction of sp³-hybridized carbons (Fsp3) is 0.125. The third-order valence-corrected chi connectivity index (χ3v) is 3.55. The van der Waals surface area contributed by atoms with Gasteiger partial charge in [-0.1, -0.05) is 24.3 Å². The number of carbonyl (C=O) groups is 2. The first-order valence-electron chi connectivity index (χ1n) is 6.51. The van der Waals surface area contributed by atoms with Crippen molar-refractivity contribution in [2.75, 3.05) is 23.4 Å². The van der Waals surface area contributed by atoms with Crippen LogP contribution in [0.5, 0.6) is 0 Å². The maximum Gasteiger partial charge on any atom is 0.261 e. The summed E-state index contributed by atoms with van der Waals surface area (Å²) >= 11 is 0. The van der Waals surface area contributed by atoms with Crippen LogP contribution in [0, 0.1) is 5.82 Å². The second-order valence-electron chi connectivity index (χ2n) is 4.81. The van der Waals surface area contributed by atoms with Crippen LogP contribution in [0.15, 0.2) is 48.5 Å². The second-order valence-corrected chi connectivity index (χ2v) is 4.81. The Hall–Kier alpha value is -2.69. The van der Waals surface area contributed by atoms with Gasteiger partial charge in [0.05, 0.1) is 16.9 Å². The van der Waals surface area contributed by atoms with Gasteiger partial charge in [0, 0.05) is 7.05 Å². The van der Waals surface area contributed by atoms with Crippen LogP contribution in [-0.2, 0) is 4.79 Å². The minimum absolute atomic E-state index is 0.0374. The molecule has 2 amide bonds. The molecule has 2 aromatic carbocycles. The maximum absolute atomic E-state index is 13.8. The van der Waals surface area contributed by atoms with E-state index in [4.69, 9.17) is 0 Å². The average Bonchev–Trinajstić information content (AvgIpc) is 2.51. The summed E-state index contributed by atoms with van der Waals surface area (Å²) in [6.07, 6.45) is 0. The van der Waals surface area contributed by atoms with E-state index >= 15 is 0 Å². The molecule has 4 nitrogen and oxygen atoms in total. The van der Waals surface area contributed by atoms with Crippen LogP contribution in [0.3, 0.4) is 0 Å². The van der Waals surface area contributed by atoms with Crippen molar-refractivity contribution < 1.29 is 14.0 Å². The van der Waals surface area contributed by atoms with Gasteiger partial charge in [-0.2, -0.15) is 0 Å². The first kappa shape index (κ1) is 13.3. The zero-order valence-electron chi connectivity index (χ0n) is 11.4. The van der Waals surface area contributed by atoms with Crippen LogP contribution in [0.4, 0.5) is 15.8 Å². The first-order chi connectivity index (χ1) is 10.1. The van der Waals surface area contributed by atoms with Gasteiger partial charge in [0.25, 0.3) is 5.91 Å². The number of amides is 2. The summed E-state index contributed by atoms with van der Waals surface area (Å²) in [6.45, 7) is -0.0965. The molecule has 0 aromatic heterocycles. The molecule has 0 saturated heterocycles. The fourth-order valence-electron chi connectivity index (χ4n) is 2.40. The molecule has 0 saturated carbocycles. The van der Waals surface area contributed by atoms with Crippen molar-refractivity contribution in [3.63, 3.8) is 0 Å². The number of hydrogen-bond acceptors (Lipinski definition) is 2. The van der Waals surface area contributed by atoms with E-state index in [1.165, 1.54) is 28.0 Å². The molecule has 1 aliphatic heterocycles. The van der Waals surface area contributed by atoms with Crippen molar-refractivity contribution in [3.05, 3.63) is 59.9 Å². The van der Waals surface area contributed by atoms with Gasteiger partial charge in [0.15, 0.2) is 0 Å². The molecule has 0 unspecified atom stereocenters. The van der Waals surface area contributed by atoms with Gasteiger partial charge < -0.3 is 4.90 Å². The van der Waals surface area contributed by atoms with E-state index in [-0.39, 0.29) is 18.0 Å². The van der Waals surface area contributed by atoms with Crippen LogP contribution in [0.2, 0.25) is 0 Å². The van der Waals surface area contributed by atoms with Crippen LogP contribution in [0.25, 0.3) is 0 Å². The van der Waals surface area contributed by atoms with Crippen molar-refractivity contribution in [2.45, 2.75) is 0 Å². The lowest BCUT2D eigenvalue weighted by Gasteiger charge is -2.34. The van der Waals surface area contributed by atoms with Gasteiger partial charge >= 0.3 is 0 Å². The molecule has 0 spiro atoms. The number of halogens is 1. The van der Waals surface area contributed by atoms with E-state index in [2.05, 4.69) is 0 Å². The number of likely N-dealkylation sites (N-methyl/N-ethyl adjacent to an activating group) is 1. The minimum Gasteiger partial charge on any atom is -0.312 e. The van der Waals surface area contributed by atoms with Gasteiger partial charge in [-0.05, 0) is 24.3 Å². The molecule has 1 aliphatic rings. The van der Waals surface area contributed by atoms with Crippen LogP contribution < -0.4 is 9.80 Å². The summed E-state index contributed by atoms with van der Waals surface area (Å²) in [7, 11) is 1.66. The highest BCUT2D eigenvalue weighted by Gasteiger charge is 2.31. The van der Waals surface area contributed by atoms with E-state index in [1.807, 2.05) is 0 Å². The Bertz CT molecular complexity index is 730. The van der Waals surface area contributed by atoms with Gasteiger partial charge in [-0.3, -0.25) is 14.5 Å². The summed E-state index contributed by atoms with van der Waals surface area (Å²) in [6, 6.07) is 12.9. The number of nitrogens with zero attached hydrogens (tertiary/aromatic N) is 2. The molecule has 5 heteroatoms. The lowest BCUT2D eigenvalue weighted by molar-refractivity contribution is -0.117. The smallest absolute Gasteiger partial charge is 0.261 e. The quantitative estimate of drug-likeness (QED) is 0.807. The Morgan fingerprint density at radius 3 is 2.38 bits per heavy atom. The molecule has 1 heterocycles. The Balaban J connectivity index is 2.07. The maximum atomic E-state index is 13.8. The SMILES string of the molecule is CN1C(=O)CN(C(=O)c2ccccc2F)c2ccccc21. The van der Waals surface area contributed by atoms with Gasteiger partial charge in [0.2, 0.25) is 5.91 Å². The second kappa shape index (κ2) is 5.01. The Morgan fingerprint density at radius 1 is 1.05 bits per heavy atom. The summed E-state index contributed by atoms with van der Waals surface area (Å²) in [5.41, 5.74) is 1.20. The summed E-state index contributed by atoms with van der Waals surface area (Å²) in [5.74, 6) is -1.31. The molecule has 21 heavy (non-hydrogen) atoms. The van der Waals surface area contributed by atoms with Gasteiger partial charge in [-0.15, -0.1) is 0 Å². The van der Waals surface area contributed by atoms with Gasteiger partial charge in [-0.25, -0.2) is 4.39 Å². The molecule has 0 atom stereocenters. The highest BCUT2D eigenvalue weighted by atomic mass is 19.1. The number of benzene rings is 2. The lowest BCUT2D eigenvalue weighted by Crippen LogP contribution is -2.46. The van der Waals surface area contributed by atoms with Crippen molar-refractivity contribution >= 4 is 23.2 Å². The van der Waals surface area contributed by atoms with E-state index in [9.17, 15) is 14.0 Å². The van der Waals surface area contributed by atoms with Crippen LogP contribution in [0.1, 0.15) is 10.4 Å². The fourth-order valence-corrected chi connectivity index (χ4v) is 2.40. The van der Waals surface area contributed by atoms with Crippen LogP contribution >= 0.6 is 0 Å². The molecular formula is C16H13FN2O2. The summed E-state index contributed by atoms with van der Waals surface area (Å²) in [5, 5.41) is 0. The highest BCUT2D eigenvalue weighted by molar-refractivity contribution is 6.15. The standard InChI is InChI=1S/C16H13FN2O2/c1-18-13-8-4-5-9-14(13)19(10-15(18)20)16(21)11-6-2-3-7-12(11)17/h2-9H,10H2,1H3. The summed E-state index contributed by atoms with van der Waals surface area (Å²) < 4.78 is 13.8. The monoisotopic (exact) mass is 284 g/mol. The van der Waals surface area contributed by atoms with Crippen molar-refractivity contribution in [3.8, 4) is 0 Å². The molecule has 0 fully saturated rings. The predicted molar refractivity (Wildman–Crippen MR) is 77.9 cm³/mol. The van der Waals surface area contributed by atoms with E-state index in [0.717, 1.165) is 0 Å². The van der Waals surface area contributed by atoms with Crippen LogP contribution in [-0.4, -0.2) is 25.4 Å². The molecule has 0 N–H and O–H groups in total. The first-order valence-corrected chi connectivity index (χ1v) is 6.51. The van der Waals surface area contributed by atoms with Gasteiger partial charge in [0.1, 0.15) is 12.4 Å². The molecule has 2 aromatic rings. The highest BCUT2D eigenvalue weighted by Crippen LogP contribution is 2.33. The normalized spacial score (nSPS) is 14.1. The minimum atomic E-state index is -0.591. The molecular weight excluding hydrogens is 271 g/mol. The van der Waals surface area contributed by atoms with E-state index in [1.54, 1.807) is 37.4 Å². The van der Waals surface area contributed by atoms with E-state index < -0.39 is 11.7 Å². The number of hydrogen-bond donors (Lipinski definition) is 0. The molecule has 3 rings (SSSR count). The molecule has 0 aliphatic carbocycles. The Morgan fingerprint density at radius 2 is 1.67 bits per heavy atom. The number of anilines is 2. The topological polar surface area (TPSA) is 40.6 Å². The van der Waals surface area contributed by atoms with Crippen molar-refractivity contribution in [1.29, 1.82) is 0 Å².